The van der Waals surface area contributed by atoms with Crippen molar-refractivity contribution in [2.24, 2.45) is 0 Å². The SMILES string of the molecule is O=[N+]([O-])c1cc(/C=C/Cc2ccc(Cl)cc2)ccc1O. The third kappa shape index (κ3) is 3.59. The van der Waals surface area contributed by atoms with Crippen molar-refractivity contribution in [3.05, 3.63) is 74.8 Å². The quantitative estimate of drug-likeness (QED) is 0.677. The Morgan fingerprint density at radius 2 is 1.90 bits per heavy atom. The minimum atomic E-state index is -0.605. The molecular weight excluding hydrogens is 278 g/mol. The summed E-state index contributed by atoms with van der Waals surface area (Å²) in [6, 6.07) is 11.8. The first-order valence-electron chi connectivity index (χ1n) is 5.94. The molecule has 0 bridgehead atoms. The van der Waals surface area contributed by atoms with E-state index in [1.807, 2.05) is 30.3 Å². The van der Waals surface area contributed by atoms with E-state index in [1.54, 1.807) is 12.1 Å². The number of nitro groups is 1. The molecule has 2 rings (SSSR count). The summed E-state index contributed by atoms with van der Waals surface area (Å²) in [4.78, 5) is 10.1. The molecule has 0 saturated carbocycles. The summed E-state index contributed by atoms with van der Waals surface area (Å²) in [6.07, 6.45) is 4.38. The van der Waals surface area contributed by atoms with Crippen LogP contribution < -0.4 is 0 Å². The molecular formula is C15H12ClNO3. The van der Waals surface area contributed by atoms with Gasteiger partial charge in [0.05, 0.1) is 4.92 Å². The number of phenolic OH excluding ortho intramolecular Hbond substituents is 1. The van der Waals surface area contributed by atoms with Gasteiger partial charge in [0.15, 0.2) is 5.75 Å². The molecule has 0 aliphatic heterocycles. The van der Waals surface area contributed by atoms with E-state index in [0.717, 1.165) is 5.56 Å². The van der Waals surface area contributed by atoms with E-state index >= 15 is 0 Å². The number of nitro benzene ring substituents is 1. The lowest BCUT2D eigenvalue weighted by atomic mass is 10.1. The topological polar surface area (TPSA) is 63.4 Å². The maximum Gasteiger partial charge on any atom is 0.311 e. The first-order valence-corrected chi connectivity index (χ1v) is 6.32. The number of phenols is 1. The number of allylic oxidation sites excluding steroid dienone is 1. The fourth-order valence-corrected chi connectivity index (χ4v) is 1.87. The van der Waals surface area contributed by atoms with Gasteiger partial charge in [-0.15, -0.1) is 0 Å². The highest BCUT2D eigenvalue weighted by molar-refractivity contribution is 6.30. The largest absolute Gasteiger partial charge is 0.502 e. The predicted octanol–water partition coefficient (Wildman–Crippen LogP) is 4.21. The van der Waals surface area contributed by atoms with Gasteiger partial charge in [-0.05, 0) is 35.7 Å². The van der Waals surface area contributed by atoms with Crippen LogP contribution in [0, 0.1) is 10.1 Å². The average molecular weight is 290 g/mol. The maximum absolute atomic E-state index is 10.7. The molecule has 0 unspecified atom stereocenters. The van der Waals surface area contributed by atoms with E-state index in [2.05, 4.69) is 0 Å². The number of halogens is 1. The van der Waals surface area contributed by atoms with E-state index in [9.17, 15) is 15.2 Å². The zero-order valence-corrected chi connectivity index (χ0v) is 11.2. The number of aromatic hydroxyl groups is 1. The van der Waals surface area contributed by atoms with Gasteiger partial charge in [0.1, 0.15) is 0 Å². The van der Waals surface area contributed by atoms with Gasteiger partial charge >= 0.3 is 5.69 Å². The lowest BCUT2D eigenvalue weighted by molar-refractivity contribution is -0.385. The summed E-state index contributed by atoms with van der Waals surface area (Å²) in [6.45, 7) is 0. The van der Waals surface area contributed by atoms with Crippen LogP contribution in [-0.4, -0.2) is 10.0 Å². The molecule has 0 radical (unpaired) electrons. The van der Waals surface area contributed by atoms with Crippen LogP contribution in [0.4, 0.5) is 5.69 Å². The smallest absolute Gasteiger partial charge is 0.311 e. The molecule has 2 aromatic rings. The summed E-state index contributed by atoms with van der Waals surface area (Å²) in [5.41, 5.74) is 1.47. The number of rotatable bonds is 4. The maximum atomic E-state index is 10.7. The summed E-state index contributed by atoms with van der Waals surface area (Å²) in [5, 5.41) is 20.8. The van der Waals surface area contributed by atoms with Crippen LogP contribution in [0.1, 0.15) is 11.1 Å². The highest BCUT2D eigenvalue weighted by atomic mass is 35.5. The molecule has 2 aromatic carbocycles. The van der Waals surface area contributed by atoms with Gasteiger partial charge in [0, 0.05) is 11.1 Å². The van der Waals surface area contributed by atoms with Crippen LogP contribution in [0.15, 0.2) is 48.5 Å². The molecule has 5 heteroatoms. The van der Waals surface area contributed by atoms with Crippen molar-refractivity contribution in [3.63, 3.8) is 0 Å². The Morgan fingerprint density at radius 3 is 2.55 bits per heavy atom. The normalized spacial score (nSPS) is 10.8. The molecule has 1 N–H and O–H groups in total. The first kappa shape index (κ1) is 14.1. The third-order valence-electron chi connectivity index (χ3n) is 2.77. The van der Waals surface area contributed by atoms with Crippen LogP contribution in [0.3, 0.4) is 0 Å². The second-order valence-corrected chi connectivity index (χ2v) is 4.67. The summed E-state index contributed by atoms with van der Waals surface area (Å²) >= 11 is 5.80. The van der Waals surface area contributed by atoms with Crippen LogP contribution >= 0.6 is 11.6 Å². The second kappa shape index (κ2) is 6.21. The lowest BCUT2D eigenvalue weighted by Gasteiger charge is -1.98. The standard InChI is InChI=1S/C15H12ClNO3/c16-13-7-4-11(5-8-13)2-1-3-12-6-9-15(18)14(10-12)17(19)20/h1,3-10,18H,2H2/b3-1+. The van der Waals surface area contributed by atoms with E-state index in [4.69, 9.17) is 11.6 Å². The predicted molar refractivity (Wildman–Crippen MR) is 79.0 cm³/mol. The number of hydrogen-bond acceptors (Lipinski definition) is 3. The molecule has 0 fully saturated rings. The molecule has 102 valence electrons. The molecule has 0 saturated heterocycles. The molecule has 0 atom stereocenters. The highest BCUT2D eigenvalue weighted by Crippen LogP contribution is 2.26. The second-order valence-electron chi connectivity index (χ2n) is 4.24. The molecule has 0 aliphatic rings. The van der Waals surface area contributed by atoms with Gasteiger partial charge in [-0.1, -0.05) is 42.0 Å². The minimum Gasteiger partial charge on any atom is -0.502 e. The van der Waals surface area contributed by atoms with Crippen molar-refractivity contribution in [2.75, 3.05) is 0 Å². The Morgan fingerprint density at radius 1 is 1.20 bits per heavy atom. The zero-order chi connectivity index (χ0) is 14.5. The van der Waals surface area contributed by atoms with Crippen LogP contribution in [-0.2, 0) is 6.42 Å². The Labute approximate surface area is 121 Å². The number of benzene rings is 2. The number of nitrogens with zero attached hydrogens (tertiary/aromatic N) is 1. The average Bonchev–Trinajstić information content (AvgIpc) is 2.42. The van der Waals surface area contributed by atoms with Gasteiger partial charge < -0.3 is 5.11 Å². The summed E-state index contributed by atoms with van der Waals surface area (Å²) in [5.74, 6) is -0.329. The highest BCUT2D eigenvalue weighted by Gasteiger charge is 2.12. The van der Waals surface area contributed by atoms with Gasteiger partial charge in [-0.25, -0.2) is 0 Å². The fourth-order valence-electron chi connectivity index (χ4n) is 1.74. The molecule has 0 aliphatic carbocycles. The van der Waals surface area contributed by atoms with E-state index in [-0.39, 0.29) is 11.4 Å². The molecule has 0 spiro atoms. The molecule has 4 nitrogen and oxygen atoms in total. The van der Waals surface area contributed by atoms with Crippen LogP contribution in [0.5, 0.6) is 5.75 Å². The minimum absolute atomic E-state index is 0.293. The van der Waals surface area contributed by atoms with Gasteiger partial charge in [0.2, 0.25) is 0 Å². The van der Waals surface area contributed by atoms with Crippen LogP contribution in [0.25, 0.3) is 6.08 Å². The third-order valence-corrected chi connectivity index (χ3v) is 3.03. The van der Waals surface area contributed by atoms with Crippen LogP contribution in [0.2, 0.25) is 5.02 Å². The van der Waals surface area contributed by atoms with Crippen molar-refractivity contribution in [3.8, 4) is 5.75 Å². The first-order chi connectivity index (χ1) is 9.56. The Kier molecular flexibility index (Phi) is 4.38. The number of hydrogen-bond donors (Lipinski definition) is 1. The van der Waals surface area contributed by atoms with Crippen molar-refractivity contribution in [2.45, 2.75) is 6.42 Å². The molecule has 0 amide bonds. The lowest BCUT2D eigenvalue weighted by Crippen LogP contribution is -1.89. The van der Waals surface area contributed by atoms with Gasteiger partial charge in [-0.3, -0.25) is 10.1 Å². The Hall–Kier alpha value is -2.33. The molecule has 0 aromatic heterocycles. The molecule has 0 heterocycles. The molecule has 20 heavy (non-hydrogen) atoms. The summed E-state index contributed by atoms with van der Waals surface area (Å²) in [7, 11) is 0. The van der Waals surface area contributed by atoms with Crippen molar-refractivity contribution in [1.29, 1.82) is 0 Å². The fraction of sp³-hybridized carbons (Fsp3) is 0.0667. The summed E-state index contributed by atoms with van der Waals surface area (Å²) < 4.78 is 0. The Balaban J connectivity index is 2.10. The van der Waals surface area contributed by atoms with Gasteiger partial charge in [-0.2, -0.15) is 0 Å². The van der Waals surface area contributed by atoms with E-state index in [0.29, 0.717) is 17.0 Å². The zero-order valence-electron chi connectivity index (χ0n) is 10.5. The van der Waals surface area contributed by atoms with E-state index in [1.165, 1.54) is 12.1 Å². The van der Waals surface area contributed by atoms with Crippen molar-refractivity contribution < 1.29 is 10.0 Å². The van der Waals surface area contributed by atoms with Crippen molar-refractivity contribution in [1.82, 2.24) is 0 Å². The van der Waals surface area contributed by atoms with Gasteiger partial charge in [0.25, 0.3) is 0 Å². The van der Waals surface area contributed by atoms with Crippen molar-refractivity contribution >= 4 is 23.4 Å². The Bertz CT molecular complexity index is 651. The monoisotopic (exact) mass is 289 g/mol. The van der Waals surface area contributed by atoms with E-state index < -0.39 is 4.92 Å².